The molecule has 0 spiro atoms. The van der Waals surface area contributed by atoms with Crippen LogP contribution in [0.4, 0.5) is 0 Å². The first-order valence-corrected chi connectivity index (χ1v) is 8.78. The van der Waals surface area contributed by atoms with E-state index in [9.17, 15) is 0 Å². The maximum Gasteiger partial charge on any atom is 0.0249 e. The van der Waals surface area contributed by atoms with Crippen LogP contribution >= 0.6 is 0 Å². The molecule has 0 radical (unpaired) electrons. The summed E-state index contributed by atoms with van der Waals surface area (Å²) in [5.41, 5.74) is 0. The monoisotopic (exact) mass is 266 g/mol. The Kier molecular flexibility index (Phi) is 6.66. The molecule has 2 atom stereocenters. The predicted molar refractivity (Wildman–Crippen MR) is 83.6 cm³/mol. The molecule has 0 aromatic rings. The molecule has 2 rings (SSSR count). The molecule has 0 amide bonds. The zero-order chi connectivity index (χ0) is 13.5. The first kappa shape index (κ1) is 15.3. The second-order valence-corrected chi connectivity index (χ2v) is 6.72. The first-order chi connectivity index (χ1) is 9.33. The van der Waals surface area contributed by atoms with E-state index in [0.29, 0.717) is 0 Å². The van der Waals surface area contributed by atoms with E-state index in [1.54, 1.807) is 0 Å². The maximum absolute atomic E-state index is 3.85. The highest BCUT2D eigenvalue weighted by atomic mass is 15.2. The van der Waals surface area contributed by atoms with E-state index in [0.717, 1.165) is 18.1 Å². The van der Waals surface area contributed by atoms with Crippen LogP contribution in [-0.4, -0.2) is 36.6 Å². The van der Waals surface area contributed by atoms with Gasteiger partial charge in [0.2, 0.25) is 0 Å². The van der Waals surface area contributed by atoms with Crippen molar-refractivity contribution in [2.75, 3.05) is 13.6 Å². The van der Waals surface area contributed by atoms with Crippen LogP contribution in [-0.2, 0) is 0 Å². The fraction of sp³-hybridized carbons (Fsp3) is 1.00. The van der Waals surface area contributed by atoms with Gasteiger partial charge in [0.15, 0.2) is 0 Å². The molecule has 2 saturated carbocycles. The lowest BCUT2D eigenvalue weighted by molar-refractivity contribution is 0.118. The van der Waals surface area contributed by atoms with E-state index in [1.807, 2.05) is 0 Å². The standard InChI is InChI=1S/C17H34N2/c1-3-14-18-16-12-6-4-5-7-13-17(16)19(2)15-10-8-9-11-15/h15-18H,3-14H2,1-2H3. The molecule has 0 aromatic carbocycles. The summed E-state index contributed by atoms with van der Waals surface area (Å²) in [5.74, 6) is 0. The van der Waals surface area contributed by atoms with Crippen LogP contribution in [0, 0.1) is 0 Å². The van der Waals surface area contributed by atoms with Crippen LogP contribution in [0.2, 0.25) is 0 Å². The third-order valence-electron chi connectivity index (χ3n) is 5.31. The normalized spacial score (nSPS) is 30.5. The van der Waals surface area contributed by atoms with Crippen molar-refractivity contribution in [2.24, 2.45) is 0 Å². The summed E-state index contributed by atoms with van der Waals surface area (Å²) in [4.78, 5) is 2.76. The molecule has 2 nitrogen and oxygen atoms in total. The molecule has 2 aliphatic rings. The number of hydrogen-bond donors (Lipinski definition) is 1. The summed E-state index contributed by atoms with van der Waals surface area (Å²) in [6.07, 6.45) is 15.6. The summed E-state index contributed by atoms with van der Waals surface area (Å²) < 4.78 is 0. The zero-order valence-electron chi connectivity index (χ0n) is 13.2. The number of likely N-dealkylation sites (N-methyl/N-ethyl adjacent to an activating group) is 1. The summed E-state index contributed by atoms with van der Waals surface area (Å²) >= 11 is 0. The van der Waals surface area contributed by atoms with E-state index in [2.05, 4.69) is 24.2 Å². The van der Waals surface area contributed by atoms with Crippen molar-refractivity contribution in [3.63, 3.8) is 0 Å². The topological polar surface area (TPSA) is 15.3 Å². The average molecular weight is 266 g/mol. The molecular weight excluding hydrogens is 232 g/mol. The van der Waals surface area contributed by atoms with Crippen LogP contribution in [0.1, 0.15) is 77.6 Å². The summed E-state index contributed by atoms with van der Waals surface area (Å²) in [6.45, 7) is 3.48. The number of hydrogen-bond acceptors (Lipinski definition) is 2. The maximum atomic E-state index is 3.85. The minimum atomic E-state index is 0.742. The van der Waals surface area contributed by atoms with E-state index in [-0.39, 0.29) is 0 Å². The Hall–Kier alpha value is -0.0800. The van der Waals surface area contributed by atoms with Gasteiger partial charge in [-0.2, -0.15) is 0 Å². The lowest BCUT2D eigenvalue weighted by atomic mass is 9.90. The van der Waals surface area contributed by atoms with Crippen LogP contribution in [0.5, 0.6) is 0 Å². The van der Waals surface area contributed by atoms with Crippen molar-refractivity contribution in [3.8, 4) is 0 Å². The Morgan fingerprint density at radius 1 is 0.895 bits per heavy atom. The van der Waals surface area contributed by atoms with Crippen molar-refractivity contribution < 1.29 is 0 Å². The lowest BCUT2D eigenvalue weighted by Gasteiger charge is -2.40. The van der Waals surface area contributed by atoms with Crippen LogP contribution < -0.4 is 5.32 Å². The van der Waals surface area contributed by atoms with Gasteiger partial charge in [-0.25, -0.2) is 0 Å². The highest BCUT2D eigenvalue weighted by Gasteiger charge is 2.30. The molecular formula is C17H34N2. The van der Waals surface area contributed by atoms with Crippen LogP contribution in [0.25, 0.3) is 0 Å². The minimum Gasteiger partial charge on any atom is -0.312 e. The van der Waals surface area contributed by atoms with Gasteiger partial charge in [0.1, 0.15) is 0 Å². The number of nitrogens with zero attached hydrogens (tertiary/aromatic N) is 1. The third-order valence-corrected chi connectivity index (χ3v) is 5.31. The Balaban J connectivity index is 1.96. The van der Waals surface area contributed by atoms with Gasteiger partial charge in [0.05, 0.1) is 0 Å². The average Bonchev–Trinajstić information content (AvgIpc) is 2.91. The quantitative estimate of drug-likeness (QED) is 0.810. The van der Waals surface area contributed by atoms with Gasteiger partial charge in [0.25, 0.3) is 0 Å². The van der Waals surface area contributed by atoms with Crippen molar-refractivity contribution in [1.29, 1.82) is 0 Å². The second-order valence-electron chi connectivity index (χ2n) is 6.72. The van der Waals surface area contributed by atoms with Gasteiger partial charge in [-0.05, 0) is 45.7 Å². The van der Waals surface area contributed by atoms with Gasteiger partial charge in [-0.15, -0.1) is 0 Å². The van der Waals surface area contributed by atoms with E-state index >= 15 is 0 Å². The highest BCUT2D eigenvalue weighted by Crippen LogP contribution is 2.28. The van der Waals surface area contributed by atoms with Crippen molar-refractivity contribution >= 4 is 0 Å². The Bertz CT molecular complexity index is 233. The minimum absolute atomic E-state index is 0.742. The zero-order valence-corrected chi connectivity index (χ0v) is 13.2. The molecule has 0 aliphatic heterocycles. The Labute approximate surface area is 120 Å². The number of rotatable bonds is 5. The van der Waals surface area contributed by atoms with E-state index < -0.39 is 0 Å². The largest absolute Gasteiger partial charge is 0.312 e. The van der Waals surface area contributed by atoms with Gasteiger partial charge < -0.3 is 5.32 Å². The van der Waals surface area contributed by atoms with Gasteiger partial charge in [-0.3, -0.25) is 4.90 Å². The van der Waals surface area contributed by atoms with E-state index in [1.165, 1.54) is 77.2 Å². The molecule has 0 aromatic heterocycles. The molecule has 0 bridgehead atoms. The molecule has 0 saturated heterocycles. The Morgan fingerprint density at radius 3 is 2.21 bits per heavy atom. The first-order valence-electron chi connectivity index (χ1n) is 8.78. The molecule has 2 aliphatic carbocycles. The van der Waals surface area contributed by atoms with Crippen molar-refractivity contribution in [2.45, 2.75) is 95.7 Å². The summed E-state index contributed by atoms with van der Waals surface area (Å²) in [6, 6.07) is 2.40. The molecule has 2 heteroatoms. The van der Waals surface area contributed by atoms with Crippen LogP contribution in [0.3, 0.4) is 0 Å². The fourth-order valence-electron chi connectivity index (χ4n) is 4.10. The fourth-order valence-corrected chi connectivity index (χ4v) is 4.10. The molecule has 1 N–H and O–H groups in total. The molecule has 0 heterocycles. The smallest absolute Gasteiger partial charge is 0.0249 e. The van der Waals surface area contributed by atoms with Crippen LogP contribution in [0.15, 0.2) is 0 Å². The molecule has 112 valence electrons. The van der Waals surface area contributed by atoms with Crippen molar-refractivity contribution in [1.82, 2.24) is 10.2 Å². The Morgan fingerprint density at radius 2 is 1.53 bits per heavy atom. The second kappa shape index (κ2) is 8.26. The molecule has 2 fully saturated rings. The van der Waals surface area contributed by atoms with Crippen molar-refractivity contribution in [3.05, 3.63) is 0 Å². The van der Waals surface area contributed by atoms with Gasteiger partial charge >= 0.3 is 0 Å². The molecule has 2 unspecified atom stereocenters. The summed E-state index contributed by atoms with van der Waals surface area (Å²) in [5, 5.41) is 3.85. The lowest BCUT2D eigenvalue weighted by Crippen LogP contribution is -2.52. The van der Waals surface area contributed by atoms with Gasteiger partial charge in [0, 0.05) is 18.1 Å². The SMILES string of the molecule is CCCNC1CCCCCCC1N(C)C1CCCC1. The van der Waals surface area contributed by atoms with Gasteiger partial charge in [-0.1, -0.05) is 45.4 Å². The third kappa shape index (κ3) is 4.46. The number of nitrogens with one attached hydrogen (secondary N) is 1. The van der Waals surface area contributed by atoms with E-state index in [4.69, 9.17) is 0 Å². The molecule has 19 heavy (non-hydrogen) atoms. The summed E-state index contributed by atoms with van der Waals surface area (Å²) in [7, 11) is 2.41. The predicted octanol–water partition coefficient (Wildman–Crippen LogP) is 3.95. The highest BCUT2D eigenvalue weighted by molar-refractivity contribution is 4.89.